The number of anilines is 1. The molecule has 4 aromatic rings. The number of hydrogen-bond donors (Lipinski definition) is 2. The van der Waals surface area contributed by atoms with Crippen LogP contribution in [-0.4, -0.2) is 28.3 Å². The summed E-state index contributed by atoms with van der Waals surface area (Å²) in [7, 11) is 0. The number of halogens is 2. The number of ether oxygens (including phenoxy) is 1. The Kier molecular flexibility index (Phi) is 7.71. The number of nitrogens with zero attached hydrogens (tertiary/aromatic N) is 4. The molecule has 0 atom stereocenters. The molecule has 0 radical (unpaired) electrons. The van der Waals surface area contributed by atoms with Gasteiger partial charge in [0.05, 0.1) is 24.4 Å². The van der Waals surface area contributed by atoms with Gasteiger partial charge in [0.2, 0.25) is 11.6 Å². The molecular weight excluding hydrogens is 505 g/mol. The normalized spacial score (nSPS) is 10.6. The third-order valence-electron chi connectivity index (χ3n) is 4.96. The molecule has 8 nitrogen and oxygen atoms in total. The number of aliphatic hydroxyl groups excluding tert-OH is 1. The van der Waals surface area contributed by atoms with Crippen LogP contribution in [0.15, 0.2) is 58.2 Å². The van der Waals surface area contributed by atoms with E-state index in [0.717, 1.165) is 11.6 Å². The highest BCUT2D eigenvalue weighted by Gasteiger charge is 2.22. The fourth-order valence-electron chi connectivity index (χ4n) is 3.34. The summed E-state index contributed by atoms with van der Waals surface area (Å²) in [5.41, 5.74) is 7.89. The summed E-state index contributed by atoms with van der Waals surface area (Å²) in [4.78, 5) is 12.2. The Labute approximate surface area is 214 Å². The summed E-state index contributed by atoms with van der Waals surface area (Å²) < 4.78 is 25.3. The van der Waals surface area contributed by atoms with Crippen molar-refractivity contribution in [3.8, 4) is 34.4 Å². The molecule has 2 heterocycles. The van der Waals surface area contributed by atoms with Gasteiger partial charge in [-0.1, -0.05) is 29.4 Å². The Morgan fingerprint density at radius 3 is 2.64 bits per heavy atom. The zero-order chi connectivity index (χ0) is 25.7. The van der Waals surface area contributed by atoms with Crippen molar-refractivity contribution >= 4 is 34.9 Å². The molecule has 36 heavy (non-hydrogen) atoms. The minimum atomic E-state index is -0.706. The zero-order valence-corrected chi connectivity index (χ0v) is 20.1. The van der Waals surface area contributed by atoms with Crippen LogP contribution in [0.2, 0.25) is 5.02 Å². The van der Waals surface area contributed by atoms with Gasteiger partial charge in [0.1, 0.15) is 29.8 Å². The second-order valence-corrected chi connectivity index (χ2v) is 8.68. The summed E-state index contributed by atoms with van der Waals surface area (Å²) in [5, 5.41) is 19.7. The van der Waals surface area contributed by atoms with E-state index in [1.165, 1.54) is 30.2 Å². The van der Waals surface area contributed by atoms with E-state index in [-0.39, 0.29) is 52.2 Å². The summed E-state index contributed by atoms with van der Waals surface area (Å²) in [6, 6.07) is 13.2. The van der Waals surface area contributed by atoms with Gasteiger partial charge in [-0.15, -0.1) is 0 Å². The summed E-state index contributed by atoms with van der Waals surface area (Å²) in [5.74, 6) is -0.127. The quantitative estimate of drug-likeness (QED) is 0.218. The van der Waals surface area contributed by atoms with Crippen molar-refractivity contribution < 1.29 is 18.7 Å². The van der Waals surface area contributed by atoms with Gasteiger partial charge in [0, 0.05) is 21.9 Å². The van der Waals surface area contributed by atoms with Crippen molar-refractivity contribution in [2.24, 2.45) is 0 Å². The number of benzene rings is 2. The molecule has 0 aliphatic rings. The molecule has 3 N–H and O–H groups in total. The maximum atomic E-state index is 14.6. The first-order valence-electron chi connectivity index (χ1n) is 10.4. The van der Waals surface area contributed by atoms with E-state index in [1.54, 1.807) is 24.3 Å². The first kappa shape index (κ1) is 25.0. The molecule has 0 fully saturated rings. The molecule has 0 spiro atoms. The Bertz CT molecular complexity index is 1500. The lowest BCUT2D eigenvalue weighted by Gasteiger charge is -2.14. The number of rotatable bonds is 8. The first-order chi connectivity index (χ1) is 17.4. The molecule has 0 bridgehead atoms. The van der Waals surface area contributed by atoms with Gasteiger partial charge < -0.3 is 20.0 Å². The molecule has 0 saturated heterocycles. The fraction of sp³-hybridized carbons (Fsp3) is 0.120. The number of nitriles is 1. The van der Waals surface area contributed by atoms with E-state index >= 15 is 0 Å². The maximum absolute atomic E-state index is 14.6. The second-order valence-electron chi connectivity index (χ2n) is 7.28. The van der Waals surface area contributed by atoms with Crippen LogP contribution in [0.1, 0.15) is 11.3 Å². The molecule has 0 aliphatic carbocycles. The van der Waals surface area contributed by atoms with E-state index in [0.29, 0.717) is 22.4 Å². The maximum Gasteiger partial charge on any atom is 0.236 e. The van der Waals surface area contributed by atoms with Crippen molar-refractivity contribution in [2.45, 2.75) is 10.8 Å². The van der Waals surface area contributed by atoms with Crippen LogP contribution < -0.4 is 10.5 Å². The van der Waals surface area contributed by atoms with Crippen molar-refractivity contribution in [3.63, 3.8) is 0 Å². The van der Waals surface area contributed by atoms with E-state index in [1.807, 2.05) is 0 Å². The molecule has 0 unspecified atom stereocenters. The lowest BCUT2D eigenvalue weighted by Crippen LogP contribution is -2.03. The van der Waals surface area contributed by atoms with Crippen molar-refractivity contribution in [1.82, 2.24) is 9.97 Å². The summed E-state index contributed by atoms with van der Waals surface area (Å²) >= 11 is 7.12. The minimum absolute atomic E-state index is 0.0502. The minimum Gasteiger partial charge on any atom is -0.488 e. The standard InChI is InChI=1S/C25H17ClFN5O3S/c1-30-22-21(15-4-7-20(19(27)10-15)34-9-8-33)18(11-28)25(32-23(22)29)36-13-17-12-35-24(31-17)14-2-5-16(26)6-3-14/h2-7,10,12,33H,8-9,13H2,(H2,29,32). The average molecular weight is 522 g/mol. The van der Waals surface area contributed by atoms with Gasteiger partial charge in [-0.25, -0.2) is 19.2 Å². The van der Waals surface area contributed by atoms with Crippen LogP contribution in [0.4, 0.5) is 15.9 Å². The Hall–Kier alpha value is -4.09. The number of aromatic nitrogens is 2. The van der Waals surface area contributed by atoms with Crippen LogP contribution >= 0.6 is 23.4 Å². The smallest absolute Gasteiger partial charge is 0.236 e. The molecule has 0 saturated carbocycles. The first-order valence-corrected chi connectivity index (χ1v) is 11.8. The molecule has 0 aliphatic heterocycles. The van der Waals surface area contributed by atoms with Crippen molar-refractivity contribution in [1.29, 1.82) is 5.26 Å². The van der Waals surface area contributed by atoms with Gasteiger partial charge in [-0.2, -0.15) is 5.26 Å². The van der Waals surface area contributed by atoms with Crippen molar-refractivity contribution in [2.75, 3.05) is 18.9 Å². The molecule has 2 aromatic heterocycles. The third kappa shape index (κ3) is 5.26. The van der Waals surface area contributed by atoms with Gasteiger partial charge in [0.15, 0.2) is 11.6 Å². The van der Waals surface area contributed by atoms with E-state index in [9.17, 15) is 9.65 Å². The Balaban J connectivity index is 1.66. The predicted molar refractivity (Wildman–Crippen MR) is 134 cm³/mol. The highest BCUT2D eigenvalue weighted by atomic mass is 35.5. The molecule has 2 aromatic carbocycles. The van der Waals surface area contributed by atoms with Gasteiger partial charge >= 0.3 is 0 Å². The Morgan fingerprint density at radius 1 is 1.22 bits per heavy atom. The molecular formula is C25H17ClFN5O3S. The number of nitrogens with two attached hydrogens (primary N) is 1. The monoisotopic (exact) mass is 521 g/mol. The van der Waals surface area contributed by atoms with Crippen LogP contribution in [0.3, 0.4) is 0 Å². The average Bonchev–Trinajstić information content (AvgIpc) is 3.35. The van der Waals surface area contributed by atoms with E-state index in [4.69, 9.17) is 38.2 Å². The third-order valence-corrected chi connectivity index (χ3v) is 6.22. The lowest BCUT2D eigenvalue weighted by molar-refractivity contribution is 0.196. The zero-order valence-electron chi connectivity index (χ0n) is 18.5. The number of hydrogen-bond acceptors (Lipinski definition) is 8. The van der Waals surface area contributed by atoms with Gasteiger partial charge in [0.25, 0.3) is 0 Å². The van der Waals surface area contributed by atoms with Gasteiger partial charge in [-0.3, -0.25) is 0 Å². The highest BCUT2D eigenvalue weighted by molar-refractivity contribution is 7.98. The number of pyridine rings is 1. The topological polar surface area (TPSA) is 123 Å². The molecule has 0 amide bonds. The highest BCUT2D eigenvalue weighted by Crippen LogP contribution is 2.42. The predicted octanol–water partition coefficient (Wildman–Crippen LogP) is 5.86. The number of thioether (sulfide) groups is 1. The van der Waals surface area contributed by atoms with Crippen LogP contribution in [0.25, 0.3) is 27.4 Å². The summed E-state index contributed by atoms with van der Waals surface area (Å²) in [6.07, 6.45) is 1.50. The summed E-state index contributed by atoms with van der Waals surface area (Å²) in [6.45, 7) is 7.21. The second kappa shape index (κ2) is 11.1. The number of aliphatic hydroxyl groups is 1. The molecule has 180 valence electrons. The fourth-order valence-corrected chi connectivity index (χ4v) is 4.34. The van der Waals surface area contributed by atoms with Crippen LogP contribution in [-0.2, 0) is 5.75 Å². The largest absolute Gasteiger partial charge is 0.488 e. The van der Waals surface area contributed by atoms with E-state index in [2.05, 4.69) is 20.9 Å². The Morgan fingerprint density at radius 2 is 1.97 bits per heavy atom. The van der Waals surface area contributed by atoms with Gasteiger partial charge in [-0.05, 0) is 42.0 Å². The lowest BCUT2D eigenvalue weighted by atomic mass is 9.99. The molecule has 11 heteroatoms. The van der Waals surface area contributed by atoms with Crippen LogP contribution in [0, 0.1) is 23.7 Å². The van der Waals surface area contributed by atoms with E-state index < -0.39 is 5.82 Å². The molecule has 4 rings (SSSR count). The number of nitrogen functional groups attached to an aromatic ring is 1. The number of oxazole rings is 1. The van der Waals surface area contributed by atoms with Crippen molar-refractivity contribution in [3.05, 3.63) is 82.2 Å². The van der Waals surface area contributed by atoms with Crippen LogP contribution in [0.5, 0.6) is 5.75 Å². The SMILES string of the molecule is [C-]#[N+]c1c(N)nc(SCc2coc(-c3ccc(Cl)cc3)n2)c(C#N)c1-c1ccc(OCCO)c(F)c1.